The molecule has 25 heavy (non-hydrogen) atoms. The summed E-state index contributed by atoms with van der Waals surface area (Å²) < 4.78 is 5.75. The van der Waals surface area contributed by atoms with Crippen LogP contribution in [0.15, 0.2) is 59.0 Å². The number of hydrogen-bond acceptors (Lipinski definition) is 4. The van der Waals surface area contributed by atoms with E-state index in [0.29, 0.717) is 17.3 Å². The van der Waals surface area contributed by atoms with Crippen molar-refractivity contribution in [1.29, 1.82) is 0 Å². The van der Waals surface area contributed by atoms with Crippen molar-refractivity contribution < 1.29 is 9.21 Å². The largest absolute Gasteiger partial charge is 0.416 e. The summed E-state index contributed by atoms with van der Waals surface area (Å²) in [5, 5.41) is 8.22. The molecule has 2 aromatic carbocycles. The van der Waals surface area contributed by atoms with Gasteiger partial charge in [0.05, 0.1) is 0 Å². The van der Waals surface area contributed by atoms with Gasteiger partial charge >= 0.3 is 0 Å². The van der Waals surface area contributed by atoms with Gasteiger partial charge in [0.15, 0.2) is 0 Å². The molecule has 3 aromatic rings. The molecule has 1 amide bonds. The van der Waals surface area contributed by atoms with Crippen molar-refractivity contribution in [2.45, 2.75) is 19.3 Å². The molecule has 4 rings (SSSR count). The average molecular weight is 333 g/mol. The zero-order chi connectivity index (χ0) is 17.1. The first-order valence-corrected chi connectivity index (χ1v) is 8.60. The number of carbonyl (C=O) groups is 1. The lowest BCUT2D eigenvalue weighted by atomic mass is 10.1. The van der Waals surface area contributed by atoms with Crippen molar-refractivity contribution in [3.63, 3.8) is 0 Å². The highest BCUT2D eigenvalue weighted by Crippen LogP contribution is 2.24. The van der Waals surface area contributed by atoms with Crippen molar-refractivity contribution in [2.24, 2.45) is 0 Å². The van der Waals surface area contributed by atoms with Crippen LogP contribution in [0.3, 0.4) is 0 Å². The molecule has 0 aliphatic carbocycles. The molecule has 0 spiro atoms. The zero-order valence-electron chi connectivity index (χ0n) is 13.9. The molecule has 1 aliphatic heterocycles. The fourth-order valence-corrected chi connectivity index (χ4v) is 3.07. The Morgan fingerprint density at radius 3 is 2.04 bits per heavy atom. The minimum absolute atomic E-state index is 0.0988. The van der Waals surface area contributed by atoms with E-state index < -0.39 is 0 Å². The summed E-state index contributed by atoms with van der Waals surface area (Å²) in [5.41, 5.74) is 2.40. The van der Waals surface area contributed by atoms with E-state index in [4.69, 9.17) is 4.42 Å². The SMILES string of the molecule is O=C(c1ccc(-c2nnc(-c3ccccc3)o2)cc1)N1CCCCC1. The van der Waals surface area contributed by atoms with Gasteiger partial charge in [0.25, 0.3) is 5.91 Å². The number of carbonyl (C=O) groups excluding carboxylic acids is 1. The molecule has 0 N–H and O–H groups in total. The molecule has 126 valence electrons. The maximum Gasteiger partial charge on any atom is 0.253 e. The number of likely N-dealkylation sites (tertiary alicyclic amines) is 1. The summed E-state index contributed by atoms with van der Waals surface area (Å²) in [6.07, 6.45) is 3.39. The fourth-order valence-electron chi connectivity index (χ4n) is 3.07. The number of hydrogen-bond donors (Lipinski definition) is 0. The lowest BCUT2D eigenvalue weighted by Gasteiger charge is -2.26. The third kappa shape index (κ3) is 3.31. The van der Waals surface area contributed by atoms with Crippen LogP contribution >= 0.6 is 0 Å². The van der Waals surface area contributed by atoms with E-state index >= 15 is 0 Å². The molecule has 5 nitrogen and oxygen atoms in total. The summed E-state index contributed by atoms with van der Waals surface area (Å²) in [6.45, 7) is 1.70. The van der Waals surface area contributed by atoms with Crippen molar-refractivity contribution in [3.8, 4) is 22.9 Å². The Bertz CT molecular complexity index is 850. The average Bonchev–Trinajstić information content (AvgIpc) is 3.19. The van der Waals surface area contributed by atoms with E-state index in [1.165, 1.54) is 6.42 Å². The van der Waals surface area contributed by atoms with Gasteiger partial charge in [-0.2, -0.15) is 0 Å². The second-order valence-electron chi connectivity index (χ2n) is 6.21. The van der Waals surface area contributed by atoms with E-state index in [9.17, 15) is 4.79 Å². The third-order valence-corrected chi connectivity index (χ3v) is 4.47. The van der Waals surface area contributed by atoms with Crippen LogP contribution in [0.5, 0.6) is 0 Å². The number of amides is 1. The molecule has 1 saturated heterocycles. The second-order valence-corrected chi connectivity index (χ2v) is 6.21. The Labute approximate surface area is 146 Å². The first kappa shape index (κ1) is 15.6. The molecule has 0 saturated carbocycles. The van der Waals surface area contributed by atoms with Crippen LogP contribution in [-0.2, 0) is 0 Å². The second kappa shape index (κ2) is 6.89. The minimum Gasteiger partial charge on any atom is -0.416 e. The highest BCUT2D eigenvalue weighted by atomic mass is 16.4. The summed E-state index contributed by atoms with van der Waals surface area (Å²) in [5.74, 6) is 1.04. The minimum atomic E-state index is 0.0988. The van der Waals surface area contributed by atoms with Crippen LogP contribution in [0.2, 0.25) is 0 Å². The van der Waals surface area contributed by atoms with Gasteiger partial charge in [0, 0.05) is 29.8 Å². The molecular weight excluding hydrogens is 314 g/mol. The van der Waals surface area contributed by atoms with Gasteiger partial charge in [0.2, 0.25) is 11.8 Å². The molecule has 0 atom stereocenters. The van der Waals surface area contributed by atoms with Gasteiger partial charge in [-0.05, 0) is 55.7 Å². The normalized spacial score (nSPS) is 14.5. The summed E-state index contributed by atoms with van der Waals surface area (Å²) in [7, 11) is 0. The van der Waals surface area contributed by atoms with Gasteiger partial charge in [-0.25, -0.2) is 0 Å². The van der Waals surface area contributed by atoms with Crippen LogP contribution in [0.1, 0.15) is 29.6 Å². The molecule has 0 bridgehead atoms. The zero-order valence-corrected chi connectivity index (χ0v) is 13.9. The maximum absolute atomic E-state index is 12.5. The molecule has 0 radical (unpaired) electrons. The number of piperidine rings is 1. The summed E-state index contributed by atoms with van der Waals surface area (Å²) >= 11 is 0. The number of aromatic nitrogens is 2. The quantitative estimate of drug-likeness (QED) is 0.726. The lowest BCUT2D eigenvalue weighted by molar-refractivity contribution is 0.0724. The molecule has 1 aliphatic rings. The fraction of sp³-hybridized carbons (Fsp3) is 0.250. The molecule has 1 fully saturated rings. The van der Waals surface area contributed by atoms with Crippen LogP contribution in [0.25, 0.3) is 22.9 Å². The lowest BCUT2D eigenvalue weighted by Crippen LogP contribution is -2.35. The van der Waals surface area contributed by atoms with Crippen LogP contribution < -0.4 is 0 Å². The van der Waals surface area contributed by atoms with Gasteiger partial charge in [-0.3, -0.25) is 4.79 Å². The molecular formula is C20H19N3O2. The van der Waals surface area contributed by atoms with E-state index in [2.05, 4.69) is 10.2 Å². The highest BCUT2D eigenvalue weighted by molar-refractivity contribution is 5.94. The molecule has 0 unspecified atom stereocenters. The van der Waals surface area contributed by atoms with E-state index in [1.807, 2.05) is 59.5 Å². The van der Waals surface area contributed by atoms with Gasteiger partial charge < -0.3 is 9.32 Å². The number of rotatable bonds is 3. The van der Waals surface area contributed by atoms with Crippen LogP contribution in [0, 0.1) is 0 Å². The van der Waals surface area contributed by atoms with Gasteiger partial charge in [-0.15, -0.1) is 10.2 Å². The topological polar surface area (TPSA) is 59.2 Å². The summed E-state index contributed by atoms with van der Waals surface area (Å²) in [4.78, 5) is 14.4. The van der Waals surface area contributed by atoms with Crippen LogP contribution in [-0.4, -0.2) is 34.1 Å². The Morgan fingerprint density at radius 2 is 1.40 bits per heavy atom. The Balaban J connectivity index is 1.52. The van der Waals surface area contributed by atoms with Crippen molar-refractivity contribution in [2.75, 3.05) is 13.1 Å². The van der Waals surface area contributed by atoms with Crippen LogP contribution in [0.4, 0.5) is 0 Å². The maximum atomic E-state index is 12.5. The smallest absolute Gasteiger partial charge is 0.253 e. The molecule has 2 heterocycles. The number of nitrogens with zero attached hydrogens (tertiary/aromatic N) is 3. The predicted octanol–water partition coefficient (Wildman–Crippen LogP) is 4.03. The van der Waals surface area contributed by atoms with E-state index in [0.717, 1.165) is 37.1 Å². The molecule has 1 aromatic heterocycles. The first-order chi connectivity index (χ1) is 12.3. The van der Waals surface area contributed by atoms with E-state index in [-0.39, 0.29) is 5.91 Å². The summed E-state index contributed by atoms with van der Waals surface area (Å²) in [6, 6.07) is 17.0. The Hall–Kier alpha value is -2.95. The van der Waals surface area contributed by atoms with Crippen molar-refractivity contribution in [1.82, 2.24) is 15.1 Å². The van der Waals surface area contributed by atoms with Crippen molar-refractivity contribution in [3.05, 3.63) is 60.2 Å². The standard InChI is InChI=1S/C20H19N3O2/c24-20(23-13-5-2-6-14-23)17-11-9-16(10-12-17)19-22-21-18(25-19)15-7-3-1-4-8-15/h1,3-4,7-12H,2,5-6,13-14H2. The first-order valence-electron chi connectivity index (χ1n) is 8.60. The van der Waals surface area contributed by atoms with Gasteiger partial charge in [-0.1, -0.05) is 18.2 Å². The highest BCUT2D eigenvalue weighted by Gasteiger charge is 2.18. The Kier molecular flexibility index (Phi) is 4.29. The monoisotopic (exact) mass is 333 g/mol. The third-order valence-electron chi connectivity index (χ3n) is 4.47. The van der Waals surface area contributed by atoms with E-state index in [1.54, 1.807) is 0 Å². The Morgan fingerprint density at radius 1 is 0.800 bits per heavy atom. The molecule has 5 heteroatoms. The number of benzene rings is 2. The van der Waals surface area contributed by atoms with Crippen molar-refractivity contribution >= 4 is 5.91 Å². The van der Waals surface area contributed by atoms with Gasteiger partial charge in [0.1, 0.15) is 0 Å². The predicted molar refractivity (Wildman–Crippen MR) is 94.9 cm³/mol.